The van der Waals surface area contributed by atoms with Crippen LogP contribution in [0.15, 0.2) is 40.8 Å². The van der Waals surface area contributed by atoms with Crippen LogP contribution in [0, 0.1) is 11.2 Å². The normalized spacial score (nSPS) is 11.6. The Morgan fingerprint density at radius 1 is 1.27 bits per heavy atom. The van der Waals surface area contributed by atoms with Gasteiger partial charge in [0.25, 0.3) is 0 Å². The fourth-order valence-corrected chi connectivity index (χ4v) is 2.00. The predicted octanol–water partition coefficient (Wildman–Crippen LogP) is 3.68. The highest BCUT2D eigenvalue weighted by Crippen LogP contribution is 2.25. The van der Waals surface area contributed by atoms with E-state index in [1.165, 1.54) is 6.07 Å². The van der Waals surface area contributed by atoms with Crippen LogP contribution in [-0.4, -0.2) is 17.6 Å². The van der Waals surface area contributed by atoms with Crippen molar-refractivity contribution in [2.45, 2.75) is 26.8 Å². The standard InChI is InChI=1S/C17H20FNO3/c1-17(2,16(20)21)9-10-19-11-12-7-8-15(22-12)13-5-3-4-6-14(13)18/h3-8,19H,9-11H2,1-2H3,(H,20,21). The van der Waals surface area contributed by atoms with Gasteiger partial charge in [0.15, 0.2) is 0 Å². The van der Waals surface area contributed by atoms with Gasteiger partial charge in [-0.15, -0.1) is 0 Å². The zero-order valence-corrected chi connectivity index (χ0v) is 12.7. The number of hydrogen-bond donors (Lipinski definition) is 2. The van der Waals surface area contributed by atoms with Crippen molar-refractivity contribution in [2.24, 2.45) is 5.41 Å². The molecule has 2 aromatic rings. The lowest BCUT2D eigenvalue weighted by molar-refractivity contribution is -0.147. The number of nitrogens with one attached hydrogen (secondary N) is 1. The molecular formula is C17H20FNO3. The number of carboxylic acid groups (broad SMARTS) is 1. The molecule has 0 aliphatic rings. The van der Waals surface area contributed by atoms with E-state index in [1.54, 1.807) is 44.2 Å². The molecule has 0 bridgehead atoms. The molecule has 0 amide bonds. The second-order valence-corrected chi connectivity index (χ2v) is 5.86. The van der Waals surface area contributed by atoms with E-state index in [0.717, 1.165) is 0 Å². The lowest BCUT2D eigenvalue weighted by Gasteiger charge is -2.18. The number of rotatable bonds is 7. The number of hydrogen-bond acceptors (Lipinski definition) is 3. The van der Waals surface area contributed by atoms with E-state index in [-0.39, 0.29) is 5.82 Å². The summed E-state index contributed by atoms with van der Waals surface area (Å²) >= 11 is 0. The van der Waals surface area contributed by atoms with Gasteiger partial charge >= 0.3 is 5.97 Å². The molecule has 0 saturated heterocycles. The molecule has 0 aliphatic heterocycles. The van der Waals surface area contributed by atoms with Crippen LogP contribution in [0.1, 0.15) is 26.0 Å². The monoisotopic (exact) mass is 305 g/mol. The van der Waals surface area contributed by atoms with Crippen molar-refractivity contribution in [3.8, 4) is 11.3 Å². The van der Waals surface area contributed by atoms with Gasteiger partial charge in [-0.2, -0.15) is 0 Å². The molecule has 0 spiro atoms. The molecule has 0 fully saturated rings. The maximum absolute atomic E-state index is 13.7. The smallest absolute Gasteiger partial charge is 0.309 e. The Bertz CT molecular complexity index is 649. The minimum absolute atomic E-state index is 0.320. The molecule has 0 aliphatic carbocycles. The molecule has 118 valence electrons. The van der Waals surface area contributed by atoms with Crippen LogP contribution in [0.25, 0.3) is 11.3 Å². The Morgan fingerprint density at radius 3 is 2.68 bits per heavy atom. The Morgan fingerprint density at radius 2 is 2.00 bits per heavy atom. The average molecular weight is 305 g/mol. The molecule has 1 aromatic heterocycles. The van der Waals surface area contributed by atoms with Crippen molar-refractivity contribution in [3.63, 3.8) is 0 Å². The number of halogens is 1. The molecule has 1 heterocycles. The molecule has 1 aromatic carbocycles. The SMILES string of the molecule is CC(C)(CCNCc1ccc(-c2ccccc2F)o1)C(=O)O. The third-order valence-electron chi connectivity index (χ3n) is 3.61. The number of furan rings is 1. The summed E-state index contributed by atoms with van der Waals surface area (Å²) in [7, 11) is 0. The highest BCUT2D eigenvalue weighted by molar-refractivity contribution is 5.73. The lowest BCUT2D eigenvalue weighted by Crippen LogP contribution is -2.28. The summed E-state index contributed by atoms with van der Waals surface area (Å²) in [6.07, 6.45) is 0.517. The van der Waals surface area contributed by atoms with Gasteiger partial charge in [-0.25, -0.2) is 4.39 Å². The average Bonchev–Trinajstić information content (AvgIpc) is 2.92. The fraction of sp³-hybridized carbons (Fsp3) is 0.353. The summed E-state index contributed by atoms with van der Waals surface area (Å²) in [6.45, 7) is 4.43. The van der Waals surface area contributed by atoms with Crippen molar-refractivity contribution in [1.82, 2.24) is 5.32 Å². The summed E-state index contributed by atoms with van der Waals surface area (Å²) in [4.78, 5) is 11.0. The van der Waals surface area contributed by atoms with Crippen molar-refractivity contribution in [3.05, 3.63) is 48.0 Å². The van der Waals surface area contributed by atoms with Crippen LogP contribution in [0.5, 0.6) is 0 Å². The van der Waals surface area contributed by atoms with Crippen molar-refractivity contribution < 1.29 is 18.7 Å². The molecule has 22 heavy (non-hydrogen) atoms. The minimum Gasteiger partial charge on any atom is -0.481 e. The first-order chi connectivity index (χ1) is 10.4. The fourth-order valence-electron chi connectivity index (χ4n) is 2.00. The van der Waals surface area contributed by atoms with Crippen LogP contribution in [0.2, 0.25) is 0 Å². The molecule has 0 unspecified atom stereocenters. The van der Waals surface area contributed by atoms with Crippen molar-refractivity contribution in [1.29, 1.82) is 0 Å². The second-order valence-electron chi connectivity index (χ2n) is 5.86. The van der Waals surface area contributed by atoms with Crippen LogP contribution in [0.3, 0.4) is 0 Å². The molecule has 0 radical (unpaired) electrons. The van der Waals surface area contributed by atoms with Gasteiger partial charge in [-0.05, 0) is 51.1 Å². The Hall–Kier alpha value is -2.14. The van der Waals surface area contributed by atoms with E-state index in [4.69, 9.17) is 9.52 Å². The van der Waals surface area contributed by atoms with E-state index >= 15 is 0 Å². The summed E-state index contributed by atoms with van der Waals surface area (Å²) < 4.78 is 19.3. The quantitative estimate of drug-likeness (QED) is 0.766. The number of carboxylic acids is 1. The third kappa shape index (κ3) is 3.95. The van der Waals surface area contributed by atoms with Gasteiger partial charge in [0.2, 0.25) is 0 Å². The highest BCUT2D eigenvalue weighted by atomic mass is 19.1. The molecule has 2 rings (SSSR count). The van der Waals surface area contributed by atoms with Gasteiger partial charge in [0.05, 0.1) is 17.5 Å². The van der Waals surface area contributed by atoms with E-state index in [1.807, 2.05) is 0 Å². The zero-order chi connectivity index (χ0) is 16.2. The zero-order valence-electron chi connectivity index (χ0n) is 12.7. The highest BCUT2D eigenvalue weighted by Gasteiger charge is 2.26. The van der Waals surface area contributed by atoms with Gasteiger partial charge in [-0.3, -0.25) is 4.79 Å². The van der Waals surface area contributed by atoms with Crippen LogP contribution in [0.4, 0.5) is 4.39 Å². The third-order valence-corrected chi connectivity index (χ3v) is 3.61. The Kier molecular flexibility index (Phi) is 4.98. The van der Waals surface area contributed by atoms with Crippen molar-refractivity contribution >= 4 is 5.97 Å². The van der Waals surface area contributed by atoms with Gasteiger partial charge in [0, 0.05) is 0 Å². The number of carbonyl (C=O) groups is 1. The van der Waals surface area contributed by atoms with Crippen molar-refractivity contribution in [2.75, 3.05) is 6.54 Å². The maximum atomic E-state index is 13.7. The van der Waals surface area contributed by atoms with E-state index < -0.39 is 11.4 Å². The summed E-state index contributed by atoms with van der Waals surface area (Å²) in [5, 5.41) is 12.2. The summed E-state index contributed by atoms with van der Waals surface area (Å²) in [5.41, 5.74) is -0.324. The molecule has 5 heteroatoms. The first-order valence-electron chi connectivity index (χ1n) is 7.18. The van der Waals surface area contributed by atoms with E-state index in [0.29, 0.717) is 36.6 Å². The predicted molar refractivity (Wildman–Crippen MR) is 81.8 cm³/mol. The molecule has 2 N–H and O–H groups in total. The minimum atomic E-state index is -0.811. The summed E-state index contributed by atoms with van der Waals surface area (Å²) in [6, 6.07) is 9.97. The second kappa shape index (κ2) is 6.75. The van der Waals surface area contributed by atoms with Crippen LogP contribution >= 0.6 is 0 Å². The molecule has 4 nitrogen and oxygen atoms in total. The number of benzene rings is 1. The molecule has 0 saturated carbocycles. The lowest BCUT2D eigenvalue weighted by atomic mass is 9.90. The Labute approximate surface area is 129 Å². The van der Waals surface area contributed by atoms with Crippen LogP contribution < -0.4 is 5.32 Å². The number of aliphatic carboxylic acids is 1. The molecular weight excluding hydrogens is 285 g/mol. The van der Waals surface area contributed by atoms with Gasteiger partial charge < -0.3 is 14.8 Å². The van der Waals surface area contributed by atoms with Crippen LogP contribution in [-0.2, 0) is 11.3 Å². The van der Waals surface area contributed by atoms with Gasteiger partial charge in [0.1, 0.15) is 17.3 Å². The largest absolute Gasteiger partial charge is 0.481 e. The molecule has 0 atom stereocenters. The Balaban J connectivity index is 1.88. The first-order valence-corrected chi connectivity index (χ1v) is 7.18. The first kappa shape index (κ1) is 16.2. The maximum Gasteiger partial charge on any atom is 0.309 e. The van der Waals surface area contributed by atoms with E-state index in [9.17, 15) is 9.18 Å². The topological polar surface area (TPSA) is 62.5 Å². The van der Waals surface area contributed by atoms with E-state index in [2.05, 4.69) is 5.32 Å². The summed E-state index contributed by atoms with van der Waals surface area (Å²) in [5.74, 6) is 0.0425. The van der Waals surface area contributed by atoms with Gasteiger partial charge in [-0.1, -0.05) is 12.1 Å².